The van der Waals surface area contributed by atoms with Gasteiger partial charge in [-0.25, -0.2) is 5.10 Å². The van der Waals surface area contributed by atoms with Gasteiger partial charge in [0.15, 0.2) is 0 Å². The predicted octanol–water partition coefficient (Wildman–Crippen LogP) is -0.476. The fourth-order valence-corrected chi connectivity index (χ4v) is 0.129. The number of nitrogens with zero attached hydrogens (tertiary/aromatic N) is 3. The first-order valence-electron chi connectivity index (χ1n) is 1.17. The molecule has 0 aliphatic heterocycles. The number of hydrogen-bond acceptors (Lipinski definition) is 5. The van der Waals surface area contributed by atoms with Gasteiger partial charge in [-0.15, -0.1) is 5.10 Å². The van der Waals surface area contributed by atoms with Crippen molar-refractivity contribution in [1.29, 1.82) is 0 Å². The van der Waals surface area contributed by atoms with Crippen LogP contribution in [0.1, 0.15) is 0 Å². The minimum atomic E-state index is 0. The molecule has 0 aliphatic carbocycles. The van der Waals surface area contributed by atoms with E-state index in [0.717, 1.165) is 0 Å². The summed E-state index contributed by atoms with van der Waals surface area (Å²) in [6, 6.07) is 0. The number of nitrogens with one attached hydrogen (secondary N) is 1. The molecule has 0 aliphatic rings. The first kappa shape index (κ1) is 9.37. The second kappa shape index (κ2) is 4.99. The molecule has 0 atom stereocenters. The molecule has 1 heterocycles. The molecule has 0 fully saturated rings. The first-order valence-corrected chi connectivity index (χ1v) is 1.17. The van der Waals surface area contributed by atoms with Gasteiger partial charge in [0, 0.05) is 0 Å². The van der Waals surface area contributed by atoms with Crippen molar-refractivity contribution in [3.05, 3.63) is 6.33 Å². The largest absolute Gasteiger partial charge is 0.344 e. The SMILES string of the molecule is N.N.c1nnn[nH]1. The van der Waals surface area contributed by atoms with Crippen molar-refractivity contribution >= 4 is 0 Å². The summed E-state index contributed by atoms with van der Waals surface area (Å²) in [5.41, 5.74) is 0. The molecular formula is CH8N6. The van der Waals surface area contributed by atoms with Gasteiger partial charge in [0.05, 0.1) is 0 Å². The lowest BCUT2D eigenvalue weighted by Gasteiger charge is -1.42. The highest BCUT2D eigenvalue weighted by atomic mass is 15.5. The molecule has 6 nitrogen and oxygen atoms in total. The molecule has 1 rings (SSSR count). The van der Waals surface area contributed by atoms with Crippen molar-refractivity contribution in [2.75, 3.05) is 0 Å². The Morgan fingerprint density at radius 3 is 2.14 bits per heavy atom. The fourth-order valence-electron chi connectivity index (χ4n) is 0.129. The lowest BCUT2D eigenvalue weighted by atomic mass is 11.4. The fraction of sp³-hybridized carbons (Fsp3) is 0. The Morgan fingerprint density at radius 2 is 2.00 bits per heavy atom. The highest BCUT2D eigenvalue weighted by Gasteiger charge is 1.58. The smallest absolute Gasteiger partial charge is 0.135 e. The van der Waals surface area contributed by atoms with E-state index >= 15 is 0 Å². The van der Waals surface area contributed by atoms with Crippen LogP contribution in [0, 0.1) is 0 Å². The molecule has 0 unspecified atom stereocenters. The van der Waals surface area contributed by atoms with Crippen LogP contribution in [0.2, 0.25) is 0 Å². The van der Waals surface area contributed by atoms with Crippen molar-refractivity contribution in [2.24, 2.45) is 0 Å². The molecule has 6 heteroatoms. The number of H-pyrrole nitrogens is 1. The summed E-state index contributed by atoms with van der Waals surface area (Å²) in [6.07, 6.45) is 1.40. The van der Waals surface area contributed by atoms with E-state index in [1.807, 2.05) is 0 Å². The normalized spacial score (nSPS) is 5.71. The number of hydrogen-bond donors (Lipinski definition) is 3. The standard InChI is InChI=1S/CH2N4.2H3N/c1-2-4-5-3-1;;/h1H,(H,2,3,4,5);2*1H3. The van der Waals surface area contributed by atoms with E-state index in [2.05, 4.69) is 20.6 Å². The Kier molecular flexibility index (Phi) is 6.68. The zero-order chi connectivity index (χ0) is 3.54. The number of aromatic nitrogens is 4. The van der Waals surface area contributed by atoms with Crippen LogP contribution >= 0.6 is 0 Å². The van der Waals surface area contributed by atoms with Crippen LogP contribution in [0.3, 0.4) is 0 Å². The van der Waals surface area contributed by atoms with Gasteiger partial charge in [-0.3, -0.25) is 0 Å². The lowest BCUT2D eigenvalue weighted by molar-refractivity contribution is 0.881. The van der Waals surface area contributed by atoms with Crippen molar-refractivity contribution in [3.63, 3.8) is 0 Å². The molecule has 0 amide bonds. The Bertz CT molecular complexity index is 60.7. The van der Waals surface area contributed by atoms with E-state index in [-0.39, 0.29) is 12.3 Å². The minimum Gasteiger partial charge on any atom is -0.344 e. The van der Waals surface area contributed by atoms with Gasteiger partial charge in [-0.05, 0) is 10.4 Å². The summed E-state index contributed by atoms with van der Waals surface area (Å²) in [5, 5.41) is 12.1. The lowest BCUT2D eigenvalue weighted by Crippen LogP contribution is -1.64. The summed E-state index contributed by atoms with van der Waals surface area (Å²) in [6.45, 7) is 0. The van der Waals surface area contributed by atoms with Crippen LogP contribution < -0.4 is 12.3 Å². The van der Waals surface area contributed by atoms with E-state index in [0.29, 0.717) is 0 Å². The average Bonchev–Trinajstić information content (AvgIpc) is 1.76. The molecule has 42 valence electrons. The second-order valence-corrected chi connectivity index (χ2v) is 0.563. The maximum absolute atomic E-state index is 3.31. The third kappa shape index (κ3) is 2.80. The zero-order valence-electron chi connectivity index (χ0n) is 3.83. The van der Waals surface area contributed by atoms with Crippen LogP contribution in [-0.4, -0.2) is 20.6 Å². The summed E-state index contributed by atoms with van der Waals surface area (Å²) in [5.74, 6) is 0. The Morgan fingerprint density at radius 1 is 1.29 bits per heavy atom. The molecule has 1 aromatic heterocycles. The molecule has 7 N–H and O–H groups in total. The number of rotatable bonds is 0. The van der Waals surface area contributed by atoms with Gasteiger partial charge in [0.2, 0.25) is 0 Å². The molecule has 1 aromatic rings. The van der Waals surface area contributed by atoms with Gasteiger partial charge in [0.1, 0.15) is 6.33 Å². The third-order valence-corrected chi connectivity index (χ3v) is 0.270. The molecule has 0 saturated carbocycles. The maximum atomic E-state index is 3.31. The van der Waals surface area contributed by atoms with Gasteiger partial charge in [-0.2, -0.15) is 0 Å². The average molecular weight is 104 g/mol. The van der Waals surface area contributed by atoms with Crippen LogP contribution in [0.5, 0.6) is 0 Å². The van der Waals surface area contributed by atoms with Gasteiger partial charge in [0.25, 0.3) is 0 Å². The van der Waals surface area contributed by atoms with E-state index < -0.39 is 0 Å². The van der Waals surface area contributed by atoms with Crippen LogP contribution in [0.15, 0.2) is 6.33 Å². The van der Waals surface area contributed by atoms with Crippen LogP contribution in [0.25, 0.3) is 0 Å². The van der Waals surface area contributed by atoms with Crippen molar-refractivity contribution in [2.45, 2.75) is 0 Å². The molecule has 7 heavy (non-hydrogen) atoms. The van der Waals surface area contributed by atoms with E-state index in [1.54, 1.807) is 0 Å². The Hall–Kier alpha value is -1.01. The molecule has 0 spiro atoms. The van der Waals surface area contributed by atoms with Crippen molar-refractivity contribution in [1.82, 2.24) is 32.9 Å². The van der Waals surface area contributed by atoms with Gasteiger partial charge in [-0.1, -0.05) is 0 Å². The molecule has 0 bridgehead atoms. The zero-order valence-corrected chi connectivity index (χ0v) is 3.83. The van der Waals surface area contributed by atoms with Crippen molar-refractivity contribution < 1.29 is 0 Å². The Balaban J connectivity index is 0. The van der Waals surface area contributed by atoms with Gasteiger partial charge < -0.3 is 12.3 Å². The summed E-state index contributed by atoms with van der Waals surface area (Å²) in [4.78, 5) is 0. The summed E-state index contributed by atoms with van der Waals surface area (Å²) >= 11 is 0. The second-order valence-electron chi connectivity index (χ2n) is 0.563. The van der Waals surface area contributed by atoms with E-state index in [9.17, 15) is 0 Å². The first-order chi connectivity index (χ1) is 2.50. The van der Waals surface area contributed by atoms with E-state index in [4.69, 9.17) is 0 Å². The third-order valence-electron chi connectivity index (χ3n) is 0.270. The highest BCUT2D eigenvalue weighted by molar-refractivity contribution is 4.24. The topological polar surface area (TPSA) is 124 Å². The quantitative estimate of drug-likeness (QED) is 0.410. The van der Waals surface area contributed by atoms with Crippen LogP contribution in [0.4, 0.5) is 0 Å². The maximum Gasteiger partial charge on any atom is 0.135 e. The van der Waals surface area contributed by atoms with Crippen LogP contribution in [-0.2, 0) is 0 Å². The highest BCUT2D eigenvalue weighted by Crippen LogP contribution is 1.43. The molecule has 0 radical (unpaired) electrons. The molecule has 0 aromatic carbocycles. The monoisotopic (exact) mass is 104 g/mol. The minimum absolute atomic E-state index is 0. The molecular weight excluding hydrogens is 96.1 g/mol. The van der Waals surface area contributed by atoms with Crippen molar-refractivity contribution in [3.8, 4) is 0 Å². The Labute approximate surface area is 40.5 Å². The predicted molar refractivity (Wildman–Crippen MR) is 24.2 cm³/mol. The number of tetrazole rings is 1. The molecule has 0 saturated heterocycles. The van der Waals surface area contributed by atoms with E-state index in [1.165, 1.54) is 6.33 Å². The van der Waals surface area contributed by atoms with Gasteiger partial charge >= 0.3 is 0 Å². The summed E-state index contributed by atoms with van der Waals surface area (Å²) in [7, 11) is 0. The summed E-state index contributed by atoms with van der Waals surface area (Å²) < 4.78 is 0. The number of aromatic amines is 1.